The summed E-state index contributed by atoms with van der Waals surface area (Å²) in [6.07, 6.45) is 5.50. The SMILES string of the molecule is COc1cccc2c1CCCC(NC(=O)NCc1ccnc(C)n1)C2. The molecule has 0 saturated carbocycles. The number of urea groups is 1. The highest BCUT2D eigenvalue weighted by atomic mass is 16.5. The third-order valence-electron chi connectivity index (χ3n) is 4.49. The lowest BCUT2D eigenvalue weighted by Crippen LogP contribution is -2.42. The van der Waals surface area contributed by atoms with Gasteiger partial charge in [0.15, 0.2) is 0 Å². The van der Waals surface area contributed by atoms with Gasteiger partial charge in [0.2, 0.25) is 0 Å². The molecule has 1 aliphatic carbocycles. The van der Waals surface area contributed by atoms with Crippen LogP contribution in [0.2, 0.25) is 0 Å². The van der Waals surface area contributed by atoms with Crippen LogP contribution in [0.15, 0.2) is 30.5 Å². The highest BCUT2D eigenvalue weighted by Gasteiger charge is 2.20. The first-order valence-electron chi connectivity index (χ1n) is 8.63. The monoisotopic (exact) mass is 340 g/mol. The van der Waals surface area contributed by atoms with Crippen LogP contribution in [0.25, 0.3) is 0 Å². The topological polar surface area (TPSA) is 76.1 Å². The number of carbonyl (C=O) groups excluding carboxylic acids is 1. The van der Waals surface area contributed by atoms with E-state index in [2.05, 4.69) is 26.7 Å². The van der Waals surface area contributed by atoms with E-state index in [-0.39, 0.29) is 12.1 Å². The Balaban J connectivity index is 1.58. The Labute approximate surface area is 148 Å². The maximum absolute atomic E-state index is 12.2. The lowest BCUT2D eigenvalue weighted by molar-refractivity contribution is 0.235. The maximum atomic E-state index is 12.2. The molecule has 132 valence electrons. The van der Waals surface area contributed by atoms with Crippen molar-refractivity contribution in [3.63, 3.8) is 0 Å². The van der Waals surface area contributed by atoms with Gasteiger partial charge >= 0.3 is 6.03 Å². The van der Waals surface area contributed by atoms with Gasteiger partial charge < -0.3 is 15.4 Å². The second-order valence-corrected chi connectivity index (χ2v) is 6.31. The quantitative estimate of drug-likeness (QED) is 0.839. The lowest BCUT2D eigenvalue weighted by Gasteiger charge is -2.18. The summed E-state index contributed by atoms with van der Waals surface area (Å²) in [5.74, 6) is 1.65. The van der Waals surface area contributed by atoms with E-state index in [4.69, 9.17) is 4.74 Å². The van der Waals surface area contributed by atoms with E-state index in [0.717, 1.165) is 37.1 Å². The van der Waals surface area contributed by atoms with Crippen LogP contribution in [0.1, 0.15) is 35.5 Å². The molecular formula is C19H24N4O2. The Morgan fingerprint density at radius 3 is 3.04 bits per heavy atom. The molecule has 6 nitrogen and oxygen atoms in total. The zero-order valence-electron chi connectivity index (χ0n) is 14.7. The number of ether oxygens (including phenoxy) is 1. The molecule has 0 fully saturated rings. The molecule has 3 rings (SSSR count). The maximum Gasteiger partial charge on any atom is 0.315 e. The van der Waals surface area contributed by atoms with Gasteiger partial charge in [-0.3, -0.25) is 0 Å². The Kier molecular flexibility index (Phi) is 5.48. The third-order valence-corrected chi connectivity index (χ3v) is 4.49. The predicted molar refractivity (Wildman–Crippen MR) is 95.6 cm³/mol. The Morgan fingerprint density at radius 2 is 2.24 bits per heavy atom. The first-order chi connectivity index (χ1) is 12.2. The molecule has 2 N–H and O–H groups in total. The first kappa shape index (κ1) is 17.2. The zero-order chi connectivity index (χ0) is 17.6. The predicted octanol–water partition coefficient (Wildman–Crippen LogP) is 2.54. The number of rotatable bonds is 4. The van der Waals surface area contributed by atoms with E-state index in [1.54, 1.807) is 19.4 Å². The summed E-state index contributed by atoms with van der Waals surface area (Å²) < 4.78 is 5.47. The molecule has 0 radical (unpaired) electrons. The van der Waals surface area contributed by atoms with E-state index in [0.29, 0.717) is 12.4 Å². The van der Waals surface area contributed by atoms with Crippen LogP contribution in [0, 0.1) is 6.92 Å². The molecule has 25 heavy (non-hydrogen) atoms. The summed E-state index contributed by atoms with van der Waals surface area (Å²) in [6, 6.07) is 7.91. The van der Waals surface area contributed by atoms with Gasteiger partial charge in [-0.15, -0.1) is 0 Å². The minimum Gasteiger partial charge on any atom is -0.496 e. The molecule has 1 unspecified atom stereocenters. The van der Waals surface area contributed by atoms with Crippen LogP contribution in [0.4, 0.5) is 4.79 Å². The second kappa shape index (κ2) is 7.96. The standard InChI is InChI=1S/C19H24N4O2/c1-13-20-10-9-16(22-13)12-21-19(24)23-15-6-4-7-17-14(11-15)5-3-8-18(17)25-2/h3,5,8-10,15H,4,6-7,11-12H2,1-2H3,(H2,21,23,24). The summed E-state index contributed by atoms with van der Waals surface area (Å²) in [6.45, 7) is 2.23. The lowest BCUT2D eigenvalue weighted by atomic mass is 10.0. The fraction of sp³-hybridized carbons (Fsp3) is 0.421. The molecule has 2 amide bonds. The van der Waals surface area contributed by atoms with Crippen molar-refractivity contribution in [1.82, 2.24) is 20.6 Å². The number of hydrogen-bond acceptors (Lipinski definition) is 4. The van der Waals surface area contributed by atoms with E-state index < -0.39 is 0 Å². The summed E-state index contributed by atoms with van der Waals surface area (Å²) in [7, 11) is 1.71. The smallest absolute Gasteiger partial charge is 0.315 e. The van der Waals surface area contributed by atoms with Gasteiger partial charge in [-0.05, 0) is 55.9 Å². The number of methoxy groups -OCH3 is 1. The van der Waals surface area contributed by atoms with Crippen LogP contribution in [-0.2, 0) is 19.4 Å². The van der Waals surface area contributed by atoms with E-state index >= 15 is 0 Å². The average Bonchev–Trinajstić information content (AvgIpc) is 2.81. The summed E-state index contributed by atoms with van der Waals surface area (Å²) in [5.41, 5.74) is 3.33. The number of benzene rings is 1. The molecule has 6 heteroatoms. The van der Waals surface area contributed by atoms with Crippen molar-refractivity contribution in [2.24, 2.45) is 0 Å². The van der Waals surface area contributed by atoms with Crippen LogP contribution in [-0.4, -0.2) is 29.2 Å². The molecular weight excluding hydrogens is 316 g/mol. The van der Waals surface area contributed by atoms with Gasteiger partial charge in [0, 0.05) is 12.2 Å². The molecule has 1 aromatic carbocycles. The van der Waals surface area contributed by atoms with Crippen molar-refractivity contribution in [1.29, 1.82) is 0 Å². The van der Waals surface area contributed by atoms with Gasteiger partial charge in [-0.25, -0.2) is 14.8 Å². The van der Waals surface area contributed by atoms with E-state index in [9.17, 15) is 4.79 Å². The van der Waals surface area contributed by atoms with Crippen molar-refractivity contribution in [3.8, 4) is 5.75 Å². The van der Waals surface area contributed by atoms with Gasteiger partial charge in [0.05, 0.1) is 19.3 Å². The minimum atomic E-state index is -0.160. The van der Waals surface area contributed by atoms with Crippen molar-refractivity contribution < 1.29 is 9.53 Å². The van der Waals surface area contributed by atoms with Crippen molar-refractivity contribution >= 4 is 6.03 Å². The average molecular weight is 340 g/mol. The van der Waals surface area contributed by atoms with Gasteiger partial charge in [-0.2, -0.15) is 0 Å². The van der Waals surface area contributed by atoms with Crippen LogP contribution >= 0.6 is 0 Å². The number of aromatic nitrogens is 2. The van der Waals surface area contributed by atoms with E-state index in [1.807, 2.05) is 19.1 Å². The molecule has 1 heterocycles. The molecule has 0 spiro atoms. The Morgan fingerprint density at radius 1 is 1.36 bits per heavy atom. The molecule has 0 bridgehead atoms. The highest BCUT2D eigenvalue weighted by Crippen LogP contribution is 2.28. The summed E-state index contributed by atoms with van der Waals surface area (Å²) in [5, 5.41) is 5.96. The summed E-state index contributed by atoms with van der Waals surface area (Å²) >= 11 is 0. The van der Waals surface area contributed by atoms with Crippen LogP contribution < -0.4 is 15.4 Å². The molecule has 0 aliphatic heterocycles. The van der Waals surface area contributed by atoms with Gasteiger partial charge in [0.25, 0.3) is 0 Å². The molecule has 2 aromatic rings. The van der Waals surface area contributed by atoms with E-state index in [1.165, 1.54) is 11.1 Å². The minimum absolute atomic E-state index is 0.125. The van der Waals surface area contributed by atoms with Crippen molar-refractivity contribution in [2.75, 3.05) is 7.11 Å². The summed E-state index contributed by atoms with van der Waals surface area (Å²) in [4.78, 5) is 20.6. The number of aryl methyl sites for hydroxylation is 1. The Hall–Kier alpha value is -2.63. The van der Waals surface area contributed by atoms with Gasteiger partial charge in [-0.1, -0.05) is 12.1 Å². The van der Waals surface area contributed by atoms with Gasteiger partial charge in [0.1, 0.15) is 11.6 Å². The van der Waals surface area contributed by atoms with Crippen molar-refractivity contribution in [2.45, 2.75) is 45.2 Å². The highest BCUT2D eigenvalue weighted by molar-refractivity contribution is 5.74. The fourth-order valence-electron chi connectivity index (χ4n) is 3.30. The number of nitrogens with zero attached hydrogens (tertiary/aromatic N) is 2. The molecule has 1 aromatic heterocycles. The number of fused-ring (bicyclic) bond motifs is 1. The molecule has 1 aliphatic rings. The molecule has 0 saturated heterocycles. The zero-order valence-corrected chi connectivity index (χ0v) is 14.7. The number of amides is 2. The van der Waals surface area contributed by atoms with Crippen LogP contribution in [0.5, 0.6) is 5.75 Å². The Bertz CT molecular complexity index is 748. The molecule has 1 atom stereocenters. The number of hydrogen-bond donors (Lipinski definition) is 2. The van der Waals surface area contributed by atoms with Crippen molar-refractivity contribution in [3.05, 3.63) is 53.1 Å². The fourth-order valence-corrected chi connectivity index (χ4v) is 3.30. The normalized spacial score (nSPS) is 16.5. The second-order valence-electron chi connectivity index (χ2n) is 6.31. The van der Waals surface area contributed by atoms with Crippen LogP contribution in [0.3, 0.4) is 0 Å². The number of carbonyl (C=O) groups is 1. The first-order valence-corrected chi connectivity index (χ1v) is 8.63. The third kappa shape index (κ3) is 4.47. The number of nitrogens with one attached hydrogen (secondary N) is 2. The largest absolute Gasteiger partial charge is 0.496 e.